The molecule has 0 fully saturated rings. The van der Waals surface area contributed by atoms with E-state index in [1.54, 1.807) is 32.9 Å². The third-order valence-corrected chi connectivity index (χ3v) is 6.19. The largest absolute Gasteiger partial charge is 0.465 e. The monoisotopic (exact) mass is 529 g/mol. The van der Waals surface area contributed by atoms with Crippen LogP contribution in [0.3, 0.4) is 0 Å². The van der Waals surface area contributed by atoms with Gasteiger partial charge in [-0.15, -0.1) is 0 Å². The standard InChI is InChI=1S/C26H26F3N5O4/c1-13-17-11-15(7-10-18(17)34-33-13)19-12-30-23(38-19)32-22(35)21(31-24(36)37)20(25(2,3)4)14-5-8-16(9-6-14)26(27,28)29/h5-12,20-21,31H,1-4H3,(H,33,34)(H,36,37)(H,30,32,35). The molecule has 0 saturated carbocycles. The number of aromatic nitrogens is 3. The van der Waals surface area contributed by atoms with E-state index in [4.69, 9.17) is 4.42 Å². The van der Waals surface area contributed by atoms with Crippen molar-refractivity contribution in [2.24, 2.45) is 5.41 Å². The minimum atomic E-state index is -4.53. The van der Waals surface area contributed by atoms with E-state index in [1.165, 1.54) is 18.3 Å². The number of alkyl halides is 3. The molecule has 2 aromatic heterocycles. The smallest absolute Gasteiger partial charge is 0.416 e. The molecule has 0 aliphatic carbocycles. The number of carboxylic acid groups (broad SMARTS) is 1. The molecule has 0 saturated heterocycles. The summed E-state index contributed by atoms with van der Waals surface area (Å²) >= 11 is 0. The Labute approximate surface area is 215 Å². The van der Waals surface area contributed by atoms with Crippen LogP contribution in [0.5, 0.6) is 0 Å². The number of carbonyl (C=O) groups excluding carboxylic acids is 1. The Morgan fingerprint density at radius 2 is 1.76 bits per heavy atom. The zero-order chi connectivity index (χ0) is 27.8. The number of rotatable bonds is 6. The van der Waals surface area contributed by atoms with Crippen molar-refractivity contribution < 1.29 is 32.3 Å². The lowest BCUT2D eigenvalue weighted by Crippen LogP contribution is -2.50. The summed E-state index contributed by atoms with van der Waals surface area (Å²) in [6.45, 7) is 7.16. The molecule has 0 bridgehead atoms. The molecule has 4 N–H and O–H groups in total. The van der Waals surface area contributed by atoms with Crippen molar-refractivity contribution in [1.29, 1.82) is 0 Å². The number of aryl methyl sites for hydroxylation is 1. The van der Waals surface area contributed by atoms with Gasteiger partial charge in [0.2, 0.25) is 0 Å². The molecule has 2 aromatic carbocycles. The minimum absolute atomic E-state index is 0.161. The van der Waals surface area contributed by atoms with Gasteiger partial charge in [-0.1, -0.05) is 32.9 Å². The topological polar surface area (TPSA) is 133 Å². The molecule has 9 nitrogen and oxygen atoms in total. The fourth-order valence-electron chi connectivity index (χ4n) is 4.45. The molecule has 38 heavy (non-hydrogen) atoms. The van der Waals surface area contributed by atoms with Crippen LogP contribution < -0.4 is 10.6 Å². The molecule has 2 amide bonds. The summed E-state index contributed by atoms with van der Waals surface area (Å²) in [7, 11) is 0. The number of nitrogens with zero attached hydrogens (tertiary/aromatic N) is 2. The number of anilines is 1. The van der Waals surface area contributed by atoms with E-state index in [1.807, 2.05) is 13.0 Å². The first kappa shape index (κ1) is 26.7. The second-order valence-corrected chi connectivity index (χ2v) is 9.99. The second kappa shape index (κ2) is 9.84. The highest BCUT2D eigenvalue weighted by Gasteiger charge is 2.40. The molecule has 2 atom stereocenters. The fraction of sp³-hybridized carbons (Fsp3) is 0.308. The normalized spacial score (nSPS) is 13.8. The van der Waals surface area contributed by atoms with Crippen molar-refractivity contribution in [3.63, 3.8) is 0 Å². The van der Waals surface area contributed by atoms with Crippen LogP contribution in [0.15, 0.2) is 53.1 Å². The van der Waals surface area contributed by atoms with E-state index < -0.39 is 41.1 Å². The Bertz CT molecular complexity index is 1470. The van der Waals surface area contributed by atoms with Gasteiger partial charge in [-0.3, -0.25) is 15.2 Å². The Kier molecular flexibility index (Phi) is 6.92. The van der Waals surface area contributed by atoms with Gasteiger partial charge in [-0.2, -0.15) is 18.3 Å². The molecule has 4 rings (SSSR count). The molecule has 200 valence electrons. The van der Waals surface area contributed by atoms with Crippen LogP contribution in [0.2, 0.25) is 0 Å². The SMILES string of the molecule is Cc1[nH]nc2ccc(-c3cnc(NC(=O)C(NC(=O)O)C(c4ccc(C(F)(F)F)cc4)C(C)(C)C)o3)cc12. The maximum atomic E-state index is 13.3. The number of halogens is 3. The summed E-state index contributed by atoms with van der Waals surface area (Å²) in [6, 6.07) is 8.22. The lowest BCUT2D eigenvalue weighted by Gasteiger charge is -2.36. The van der Waals surface area contributed by atoms with Crippen LogP contribution in [-0.2, 0) is 11.0 Å². The van der Waals surface area contributed by atoms with Gasteiger partial charge < -0.3 is 14.8 Å². The molecule has 0 aliphatic heterocycles. The summed E-state index contributed by atoms with van der Waals surface area (Å²) in [5.74, 6) is -1.25. The van der Waals surface area contributed by atoms with E-state index in [9.17, 15) is 27.9 Å². The van der Waals surface area contributed by atoms with Gasteiger partial charge in [-0.05, 0) is 48.2 Å². The summed E-state index contributed by atoms with van der Waals surface area (Å²) < 4.78 is 45.0. The number of fused-ring (bicyclic) bond motifs is 1. The van der Waals surface area contributed by atoms with Crippen LogP contribution >= 0.6 is 0 Å². The van der Waals surface area contributed by atoms with Crippen molar-refractivity contribution >= 4 is 28.9 Å². The number of aromatic amines is 1. The van der Waals surface area contributed by atoms with Crippen LogP contribution in [0.4, 0.5) is 24.0 Å². The Morgan fingerprint density at radius 1 is 1.08 bits per heavy atom. The maximum Gasteiger partial charge on any atom is 0.416 e. The number of nitrogens with one attached hydrogen (secondary N) is 3. The van der Waals surface area contributed by atoms with Crippen LogP contribution in [0.1, 0.15) is 43.5 Å². The highest BCUT2D eigenvalue weighted by atomic mass is 19.4. The third kappa shape index (κ3) is 5.63. The van der Waals surface area contributed by atoms with Crippen LogP contribution in [-0.4, -0.2) is 38.3 Å². The number of oxazole rings is 1. The van der Waals surface area contributed by atoms with E-state index in [0.29, 0.717) is 16.9 Å². The zero-order valence-electron chi connectivity index (χ0n) is 21.0. The molecule has 0 aliphatic rings. The molecule has 0 radical (unpaired) electrons. The number of carbonyl (C=O) groups is 2. The predicted molar refractivity (Wildman–Crippen MR) is 134 cm³/mol. The number of hydrogen-bond donors (Lipinski definition) is 4. The predicted octanol–water partition coefficient (Wildman–Crippen LogP) is 5.95. The molecule has 0 spiro atoms. The van der Waals surface area contributed by atoms with Crippen molar-refractivity contribution in [1.82, 2.24) is 20.5 Å². The highest BCUT2D eigenvalue weighted by molar-refractivity contribution is 5.96. The Morgan fingerprint density at radius 3 is 2.37 bits per heavy atom. The number of H-pyrrole nitrogens is 1. The summed E-state index contributed by atoms with van der Waals surface area (Å²) in [4.78, 5) is 29.1. The van der Waals surface area contributed by atoms with E-state index in [0.717, 1.165) is 28.7 Å². The number of hydrogen-bond acceptors (Lipinski definition) is 5. The fourth-order valence-corrected chi connectivity index (χ4v) is 4.45. The number of amides is 2. The average Bonchev–Trinajstić information content (AvgIpc) is 3.43. The molecular formula is C26H26F3N5O4. The first-order valence-electron chi connectivity index (χ1n) is 11.6. The first-order chi connectivity index (χ1) is 17.7. The van der Waals surface area contributed by atoms with Gasteiger partial charge in [-0.25, -0.2) is 9.78 Å². The van der Waals surface area contributed by atoms with Crippen molar-refractivity contribution in [2.45, 2.75) is 45.8 Å². The Balaban J connectivity index is 1.62. The van der Waals surface area contributed by atoms with Gasteiger partial charge >= 0.3 is 18.3 Å². The summed E-state index contributed by atoms with van der Waals surface area (Å²) in [5.41, 5.74) is 1.11. The van der Waals surface area contributed by atoms with Crippen molar-refractivity contribution in [3.8, 4) is 11.3 Å². The van der Waals surface area contributed by atoms with Gasteiger partial charge in [0.25, 0.3) is 5.91 Å². The van der Waals surface area contributed by atoms with E-state index >= 15 is 0 Å². The lowest BCUT2D eigenvalue weighted by atomic mass is 9.72. The van der Waals surface area contributed by atoms with Crippen molar-refractivity contribution in [2.75, 3.05) is 5.32 Å². The van der Waals surface area contributed by atoms with Crippen molar-refractivity contribution in [3.05, 3.63) is 65.5 Å². The minimum Gasteiger partial charge on any atom is -0.465 e. The number of benzene rings is 2. The van der Waals surface area contributed by atoms with Gasteiger partial charge in [0.15, 0.2) is 5.76 Å². The first-order valence-corrected chi connectivity index (χ1v) is 11.6. The zero-order valence-corrected chi connectivity index (χ0v) is 21.0. The van der Waals surface area contributed by atoms with E-state index in [2.05, 4.69) is 25.8 Å². The highest BCUT2D eigenvalue weighted by Crippen LogP contribution is 2.40. The quantitative estimate of drug-likeness (QED) is 0.244. The van der Waals surface area contributed by atoms with Gasteiger partial charge in [0.05, 0.1) is 17.3 Å². The summed E-state index contributed by atoms with van der Waals surface area (Å²) in [6.07, 6.45) is -4.58. The Hall–Kier alpha value is -4.35. The van der Waals surface area contributed by atoms with E-state index in [-0.39, 0.29) is 6.01 Å². The molecule has 2 heterocycles. The third-order valence-electron chi connectivity index (χ3n) is 6.19. The van der Waals surface area contributed by atoms with Crippen LogP contribution in [0, 0.1) is 12.3 Å². The van der Waals surface area contributed by atoms with Crippen LogP contribution in [0.25, 0.3) is 22.2 Å². The summed E-state index contributed by atoms with van der Waals surface area (Å²) in [5, 5.41) is 22.1. The van der Waals surface area contributed by atoms with Gasteiger partial charge in [0, 0.05) is 22.6 Å². The molecule has 12 heteroatoms. The lowest BCUT2D eigenvalue weighted by molar-refractivity contribution is -0.137. The van der Waals surface area contributed by atoms with Gasteiger partial charge in [0.1, 0.15) is 6.04 Å². The molecule has 4 aromatic rings. The molecule has 2 unspecified atom stereocenters. The maximum absolute atomic E-state index is 13.3. The molecular weight excluding hydrogens is 503 g/mol. The average molecular weight is 530 g/mol. The second-order valence-electron chi connectivity index (χ2n) is 9.99.